The molecule has 3 aromatic rings. The fourth-order valence-electron chi connectivity index (χ4n) is 2.81. The molecular weight excluding hydrogens is 322 g/mol. The van der Waals surface area contributed by atoms with Crippen molar-refractivity contribution in [1.29, 1.82) is 0 Å². The number of nitrogens with one attached hydrogen (secondary N) is 1. The third-order valence-corrected chi connectivity index (χ3v) is 5.37. The summed E-state index contributed by atoms with van der Waals surface area (Å²) in [5.41, 5.74) is 3.22. The SMILES string of the molecule is CC1=C(COc2ccc3oc(C)cc3c2)SCN1Cc1cc[nH]n1. The Morgan fingerprint density at radius 2 is 2.21 bits per heavy atom. The number of rotatable bonds is 5. The van der Waals surface area contributed by atoms with Crippen LogP contribution in [0.25, 0.3) is 11.0 Å². The molecule has 1 aromatic carbocycles. The number of ether oxygens (including phenoxy) is 1. The van der Waals surface area contributed by atoms with Crippen LogP contribution in [-0.2, 0) is 6.54 Å². The van der Waals surface area contributed by atoms with Gasteiger partial charge >= 0.3 is 0 Å². The summed E-state index contributed by atoms with van der Waals surface area (Å²) in [6, 6.07) is 9.99. The van der Waals surface area contributed by atoms with Crippen molar-refractivity contribution in [2.45, 2.75) is 20.4 Å². The lowest BCUT2D eigenvalue weighted by Gasteiger charge is -2.17. The second-order valence-corrected chi connectivity index (χ2v) is 6.93. The van der Waals surface area contributed by atoms with Crippen LogP contribution in [0.3, 0.4) is 0 Å². The molecule has 0 saturated heterocycles. The Hall–Kier alpha value is -2.34. The van der Waals surface area contributed by atoms with E-state index in [0.717, 1.165) is 40.6 Å². The molecule has 0 aliphatic carbocycles. The Balaban J connectivity index is 1.43. The van der Waals surface area contributed by atoms with Crippen LogP contribution in [0, 0.1) is 6.92 Å². The van der Waals surface area contributed by atoms with E-state index < -0.39 is 0 Å². The molecule has 0 saturated carbocycles. The summed E-state index contributed by atoms with van der Waals surface area (Å²) in [6.07, 6.45) is 1.86. The Morgan fingerprint density at radius 1 is 1.29 bits per heavy atom. The zero-order valence-electron chi connectivity index (χ0n) is 13.7. The van der Waals surface area contributed by atoms with Crippen molar-refractivity contribution in [3.05, 3.63) is 58.6 Å². The van der Waals surface area contributed by atoms with E-state index in [-0.39, 0.29) is 0 Å². The van der Waals surface area contributed by atoms with Crippen LogP contribution in [0.15, 0.2) is 51.5 Å². The lowest BCUT2D eigenvalue weighted by molar-refractivity contribution is 0.350. The van der Waals surface area contributed by atoms with Crippen molar-refractivity contribution < 1.29 is 9.15 Å². The molecule has 1 N–H and O–H groups in total. The number of aromatic amines is 1. The summed E-state index contributed by atoms with van der Waals surface area (Å²) in [5.74, 6) is 2.73. The molecule has 0 fully saturated rings. The van der Waals surface area contributed by atoms with Gasteiger partial charge in [-0.3, -0.25) is 5.10 Å². The zero-order valence-corrected chi connectivity index (χ0v) is 14.5. The van der Waals surface area contributed by atoms with Crippen molar-refractivity contribution >= 4 is 22.7 Å². The van der Waals surface area contributed by atoms with Crippen molar-refractivity contribution in [3.8, 4) is 5.75 Å². The van der Waals surface area contributed by atoms with Crippen LogP contribution in [-0.4, -0.2) is 27.6 Å². The number of aryl methyl sites for hydroxylation is 1. The molecule has 2 aromatic heterocycles. The highest BCUT2D eigenvalue weighted by molar-refractivity contribution is 8.03. The first-order chi connectivity index (χ1) is 11.7. The van der Waals surface area contributed by atoms with Crippen molar-refractivity contribution in [2.75, 3.05) is 12.5 Å². The minimum absolute atomic E-state index is 0.593. The van der Waals surface area contributed by atoms with Gasteiger partial charge in [0.15, 0.2) is 0 Å². The third kappa shape index (κ3) is 3.01. The first-order valence-electron chi connectivity index (χ1n) is 7.88. The molecule has 24 heavy (non-hydrogen) atoms. The molecule has 124 valence electrons. The van der Waals surface area contributed by atoms with E-state index in [1.165, 1.54) is 10.6 Å². The number of hydrogen-bond donors (Lipinski definition) is 1. The maximum Gasteiger partial charge on any atom is 0.134 e. The molecule has 0 atom stereocenters. The molecule has 3 heterocycles. The highest BCUT2D eigenvalue weighted by Crippen LogP contribution is 2.33. The largest absolute Gasteiger partial charge is 0.488 e. The van der Waals surface area contributed by atoms with Crippen LogP contribution in [0.4, 0.5) is 0 Å². The number of H-pyrrole nitrogens is 1. The van der Waals surface area contributed by atoms with E-state index in [1.54, 1.807) is 0 Å². The summed E-state index contributed by atoms with van der Waals surface area (Å²) >= 11 is 1.83. The maximum atomic E-state index is 5.99. The van der Waals surface area contributed by atoms with Gasteiger partial charge in [-0.1, -0.05) is 0 Å². The Bertz CT molecular complexity index is 883. The number of benzene rings is 1. The summed E-state index contributed by atoms with van der Waals surface area (Å²) in [6.45, 7) is 5.52. The predicted molar refractivity (Wildman–Crippen MR) is 95.7 cm³/mol. The van der Waals surface area contributed by atoms with Gasteiger partial charge in [0.2, 0.25) is 0 Å². The smallest absolute Gasteiger partial charge is 0.134 e. The van der Waals surface area contributed by atoms with Crippen LogP contribution in [0.1, 0.15) is 18.4 Å². The molecular formula is C18H19N3O2S. The van der Waals surface area contributed by atoms with E-state index >= 15 is 0 Å². The summed E-state index contributed by atoms with van der Waals surface area (Å²) in [5, 5.41) is 8.16. The standard InChI is InChI=1S/C18H19N3O2S/c1-12-7-14-8-16(3-4-17(14)23-12)22-10-18-13(2)21(11-24-18)9-15-5-6-19-20-15/h3-8H,9-11H2,1-2H3,(H,19,20). The molecule has 0 unspecified atom stereocenters. The Labute approximate surface area is 144 Å². The number of furan rings is 1. The van der Waals surface area contributed by atoms with Crippen molar-refractivity contribution in [1.82, 2.24) is 15.1 Å². The fourth-order valence-corrected chi connectivity index (χ4v) is 3.89. The van der Waals surface area contributed by atoms with Gasteiger partial charge in [-0.25, -0.2) is 0 Å². The summed E-state index contributed by atoms with van der Waals surface area (Å²) in [7, 11) is 0. The highest BCUT2D eigenvalue weighted by atomic mass is 32.2. The number of hydrogen-bond acceptors (Lipinski definition) is 5. The first-order valence-corrected chi connectivity index (χ1v) is 8.87. The number of aromatic nitrogens is 2. The lowest BCUT2D eigenvalue weighted by atomic mass is 10.2. The van der Waals surface area contributed by atoms with Gasteiger partial charge < -0.3 is 14.1 Å². The van der Waals surface area contributed by atoms with Crippen molar-refractivity contribution in [2.24, 2.45) is 0 Å². The average molecular weight is 341 g/mol. The summed E-state index contributed by atoms with van der Waals surface area (Å²) < 4.78 is 11.6. The first kappa shape index (κ1) is 15.2. The molecule has 0 amide bonds. The van der Waals surface area contributed by atoms with Gasteiger partial charge in [0.25, 0.3) is 0 Å². The van der Waals surface area contributed by atoms with Gasteiger partial charge in [-0.15, -0.1) is 11.8 Å². The lowest BCUT2D eigenvalue weighted by Crippen LogP contribution is -2.17. The minimum atomic E-state index is 0.593. The second-order valence-electron chi connectivity index (χ2n) is 5.89. The molecule has 1 aliphatic rings. The highest BCUT2D eigenvalue weighted by Gasteiger charge is 2.20. The normalized spacial score (nSPS) is 14.8. The van der Waals surface area contributed by atoms with E-state index in [0.29, 0.717) is 6.61 Å². The van der Waals surface area contributed by atoms with Gasteiger partial charge in [0.1, 0.15) is 23.7 Å². The van der Waals surface area contributed by atoms with E-state index in [9.17, 15) is 0 Å². The van der Waals surface area contributed by atoms with Crippen LogP contribution >= 0.6 is 11.8 Å². The maximum absolute atomic E-state index is 5.99. The van der Waals surface area contributed by atoms with Crippen LogP contribution in [0.5, 0.6) is 5.75 Å². The number of nitrogens with zero attached hydrogens (tertiary/aromatic N) is 2. The van der Waals surface area contributed by atoms with Crippen LogP contribution < -0.4 is 4.74 Å². The fraction of sp³-hybridized carbons (Fsp3) is 0.278. The quantitative estimate of drug-likeness (QED) is 0.750. The topological polar surface area (TPSA) is 54.3 Å². The van der Waals surface area contributed by atoms with Crippen LogP contribution in [0.2, 0.25) is 0 Å². The molecule has 1 aliphatic heterocycles. The van der Waals surface area contributed by atoms with E-state index in [1.807, 2.05) is 55.2 Å². The molecule has 0 spiro atoms. The molecule has 5 nitrogen and oxygen atoms in total. The predicted octanol–water partition coefficient (Wildman–Crippen LogP) is 4.28. The number of fused-ring (bicyclic) bond motifs is 1. The Morgan fingerprint density at radius 3 is 3.04 bits per heavy atom. The Kier molecular flexibility index (Phi) is 3.98. The van der Waals surface area contributed by atoms with Gasteiger partial charge in [-0.2, -0.15) is 5.10 Å². The van der Waals surface area contributed by atoms with E-state index in [4.69, 9.17) is 9.15 Å². The second kappa shape index (κ2) is 6.28. The van der Waals surface area contributed by atoms with Gasteiger partial charge in [0, 0.05) is 22.2 Å². The number of thioether (sulfide) groups is 1. The molecule has 4 rings (SSSR count). The van der Waals surface area contributed by atoms with Gasteiger partial charge in [0.05, 0.1) is 18.1 Å². The summed E-state index contributed by atoms with van der Waals surface area (Å²) in [4.78, 5) is 3.59. The molecule has 0 radical (unpaired) electrons. The van der Waals surface area contributed by atoms with Gasteiger partial charge in [-0.05, 0) is 44.2 Å². The zero-order chi connectivity index (χ0) is 16.5. The van der Waals surface area contributed by atoms with E-state index in [2.05, 4.69) is 22.0 Å². The minimum Gasteiger partial charge on any atom is -0.488 e. The molecule has 0 bridgehead atoms. The monoisotopic (exact) mass is 341 g/mol. The van der Waals surface area contributed by atoms with Crippen molar-refractivity contribution in [3.63, 3.8) is 0 Å². The number of allylic oxidation sites excluding steroid dienone is 1. The average Bonchev–Trinajstić information content (AvgIpc) is 3.27. The molecule has 6 heteroatoms. The third-order valence-electron chi connectivity index (χ3n) is 4.16.